The molecule has 0 N–H and O–H groups in total. The molecule has 1 aliphatic carbocycles. The maximum absolute atomic E-state index is 12.7. The van der Waals surface area contributed by atoms with Crippen molar-refractivity contribution in [1.82, 2.24) is 14.7 Å². The van der Waals surface area contributed by atoms with Crippen LogP contribution < -0.4 is 0 Å². The first-order valence-corrected chi connectivity index (χ1v) is 11.3. The minimum atomic E-state index is -0.473. The number of nitrogens with zero attached hydrogens (tertiary/aromatic N) is 3. The molecule has 0 spiro atoms. The van der Waals surface area contributed by atoms with Crippen LogP contribution >= 0.6 is 0 Å². The zero-order chi connectivity index (χ0) is 22.2. The van der Waals surface area contributed by atoms with Crippen molar-refractivity contribution in [2.24, 2.45) is 5.92 Å². The fourth-order valence-corrected chi connectivity index (χ4v) is 3.95. The monoisotopic (exact) mass is 427 g/mol. The van der Waals surface area contributed by atoms with Gasteiger partial charge in [0.15, 0.2) is 5.78 Å². The average Bonchev–Trinajstić information content (AvgIpc) is 3.37. The molecule has 1 saturated heterocycles. The Morgan fingerprint density at radius 2 is 1.94 bits per heavy atom. The van der Waals surface area contributed by atoms with Crippen molar-refractivity contribution < 1.29 is 19.1 Å². The van der Waals surface area contributed by atoms with Gasteiger partial charge in [0.05, 0.1) is 11.6 Å². The molecule has 0 unspecified atom stereocenters. The van der Waals surface area contributed by atoms with E-state index in [4.69, 9.17) is 9.47 Å². The topological polar surface area (TPSA) is 73.7 Å². The van der Waals surface area contributed by atoms with Crippen LogP contribution in [0.1, 0.15) is 62.4 Å². The summed E-state index contributed by atoms with van der Waals surface area (Å²) in [6.45, 7) is 10.4. The van der Waals surface area contributed by atoms with Crippen molar-refractivity contribution >= 4 is 22.8 Å². The SMILES string of the molecule is Cc1c(C(=O)CCCOC2CC2)ccc2nn(CC3CN(C(=O)OC(C)(C)C)C3)cc12. The Balaban J connectivity index is 1.32. The number of carbonyl (C=O) groups is 2. The van der Waals surface area contributed by atoms with Gasteiger partial charge in [-0.05, 0) is 64.7 Å². The number of amides is 1. The van der Waals surface area contributed by atoms with Crippen LogP contribution in [0.3, 0.4) is 0 Å². The molecule has 0 radical (unpaired) electrons. The zero-order valence-corrected chi connectivity index (χ0v) is 19.0. The van der Waals surface area contributed by atoms with Gasteiger partial charge in [0, 0.05) is 55.7 Å². The summed E-state index contributed by atoms with van der Waals surface area (Å²) in [5, 5.41) is 5.69. The number of benzene rings is 1. The number of aromatic nitrogens is 2. The second-order valence-electron chi connectivity index (χ2n) is 9.87. The zero-order valence-electron chi connectivity index (χ0n) is 19.0. The Hall–Kier alpha value is -2.41. The number of hydrogen-bond acceptors (Lipinski definition) is 5. The fraction of sp³-hybridized carbons (Fsp3) is 0.625. The lowest BCUT2D eigenvalue weighted by molar-refractivity contribution is -0.00381. The summed E-state index contributed by atoms with van der Waals surface area (Å²) < 4.78 is 13.0. The van der Waals surface area contributed by atoms with Crippen LogP contribution in [0, 0.1) is 12.8 Å². The number of likely N-dealkylation sites (tertiary alicyclic amines) is 1. The van der Waals surface area contributed by atoms with E-state index in [1.165, 1.54) is 0 Å². The van der Waals surface area contributed by atoms with E-state index >= 15 is 0 Å². The molecular formula is C24H33N3O4. The van der Waals surface area contributed by atoms with Crippen molar-refractivity contribution in [3.63, 3.8) is 0 Å². The second kappa shape index (κ2) is 8.61. The van der Waals surface area contributed by atoms with Crippen LogP contribution in [0.5, 0.6) is 0 Å². The van der Waals surface area contributed by atoms with E-state index in [0.29, 0.717) is 38.1 Å². The van der Waals surface area contributed by atoms with Gasteiger partial charge in [-0.15, -0.1) is 0 Å². The van der Waals surface area contributed by atoms with Gasteiger partial charge < -0.3 is 14.4 Å². The van der Waals surface area contributed by atoms with Crippen molar-refractivity contribution in [2.75, 3.05) is 19.7 Å². The van der Waals surface area contributed by atoms with Gasteiger partial charge in [-0.3, -0.25) is 9.48 Å². The van der Waals surface area contributed by atoms with Crippen LogP contribution in [0.15, 0.2) is 18.3 Å². The standard InChI is InChI=1S/C24H33N3O4/c1-16-19(22(28)6-5-11-30-18-7-8-18)9-10-21-20(16)15-27(25-21)14-17-12-26(13-17)23(29)31-24(2,3)4/h9-10,15,17-18H,5-8,11-14H2,1-4H3. The van der Waals surface area contributed by atoms with E-state index in [-0.39, 0.29) is 11.9 Å². The fourth-order valence-electron chi connectivity index (χ4n) is 3.95. The molecule has 4 rings (SSSR count). The van der Waals surface area contributed by atoms with Crippen LogP contribution in [-0.2, 0) is 16.0 Å². The quantitative estimate of drug-likeness (QED) is 0.462. The third kappa shape index (κ3) is 5.45. The normalized spacial score (nSPS) is 17.1. The summed E-state index contributed by atoms with van der Waals surface area (Å²) in [5.74, 6) is 0.522. The second-order valence-corrected chi connectivity index (χ2v) is 9.87. The van der Waals surface area contributed by atoms with Crippen LogP contribution in [0.2, 0.25) is 0 Å². The lowest BCUT2D eigenvalue weighted by Crippen LogP contribution is -2.52. The molecule has 0 bridgehead atoms. The number of hydrogen-bond donors (Lipinski definition) is 0. The Labute approximate surface area is 183 Å². The van der Waals surface area contributed by atoms with Gasteiger partial charge in [-0.2, -0.15) is 5.10 Å². The predicted octanol–water partition coefficient (Wildman–Crippen LogP) is 4.35. The van der Waals surface area contributed by atoms with Crippen LogP contribution in [0.4, 0.5) is 4.79 Å². The molecule has 31 heavy (non-hydrogen) atoms. The highest BCUT2D eigenvalue weighted by Gasteiger charge is 2.34. The summed E-state index contributed by atoms with van der Waals surface area (Å²) in [5.41, 5.74) is 2.19. The van der Waals surface area contributed by atoms with Gasteiger partial charge in [0.1, 0.15) is 5.60 Å². The van der Waals surface area contributed by atoms with Gasteiger partial charge in [-0.1, -0.05) is 0 Å². The summed E-state index contributed by atoms with van der Waals surface area (Å²) in [4.78, 5) is 26.5. The molecule has 7 nitrogen and oxygen atoms in total. The molecule has 2 heterocycles. The average molecular weight is 428 g/mol. The molecule has 1 amide bonds. The largest absolute Gasteiger partial charge is 0.444 e. The lowest BCUT2D eigenvalue weighted by atomic mass is 9.99. The first kappa shape index (κ1) is 21.8. The summed E-state index contributed by atoms with van der Waals surface area (Å²) >= 11 is 0. The number of Topliss-reactive ketones (excluding diaryl/α,β-unsaturated/α-hetero) is 1. The highest BCUT2D eigenvalue weighted by molar-refractivity contribution is 6.01. The van der Waals surface area contributed by atoms with E-state index in [2.05, 4.69) is 5.10 Å². The molecule has 1 aliphatic heterocycles. The molecular weight excluding hydrogens is 394 g/mol. The van der Waals surface area contributed by atoms with E-state index in [9.17, 15) is 9.59 Å². The number of carbonyl (C=O) groups excluding carboxylic acids is 2. The predicted molar refractivity (Wildman–Crippen MR) is 118 cm³/mol. The van der Waals surface area contributed by atoms with Gasteiger partial charge >= 0.3 is 6.09 Å². The number of ketones is 1. The van der Waals surface area contributed by atoms with Crippen LogP contribution in [0.25, 0.3) is 10.9 Å². The third-order valence-electron chi connectivity index (χ3n) is 5.79. The summed E-state index contributed by atoms with van der Waals surface area (Å²) in [7, 11) is 0. The number of fused-ring (bicyclic) bond motifs is 1. The van der Waals surface area contributed by atoms with E-state index in [1.54, 1.807) is 4.90 Å². The molecule has 2 aliphatic rings. The highest BCUT2D eigenvalue weighted by atomic mass is 16.6. The maximum atomic E-state index is 12.7. The van der Waals surface area contributed by atoms with Crippen molar-refractivity contribution in [1.29, 1.82) is 0 Å². The molecule has 1 aromatic heterocycles. The highest BCUT2D eigenvalue weighted by Crippen LogP contribution is 2.26. The maximum Gasteiger partial charge on any atom is 0.410 e. The Kier molecular flexibility index (Phi) is 6.06. The number of rotatable bonds is 8. The van der Waals surface area contributed by atoms with E-state index in [1.807, 2.05) is 50.7 Å². The minimum absolute atomic E-state index is 0.165. The number of ether oxygens (including phenoxy) is 2. The van der Waals surface area contributed by atoms with Gasteiger partial charge in [0.2, 0.25) is 0 Å². The first-order chi connectivity index (χ1) is 14.7. The van der Waals surface area contributed by atoms with Crippen molar-refractivity contribution in [3.05, 3.63) is 29.5 Å². The third-order valence-corrected chi connectivity index (χ3v) is 5.79. The Morgan fingerprint density at radius 1 is 1.19 bits per heavy atom. The molecule has 0 atom stereocenters. The summed E-state index contributed by atoms with van der Waals surface area (Å²) in [6.07, 6.45) is 5.80. The van der Waals surface area contributed by atoms with Crippen molar-refractivity contribution in [2.45, 2.75) is 71.6 Å². The smallest absolute Gasteiger partial charge is 0.410 e. The Bertz CT molecular complexity index is 965. The van der Waals surface area contributed by atoms with Crippen LogP contribution in [-0.4, -0.2) is 58.0 Å². The first-order valence-electron chi connectivity index (χ1n) is 11.3. The number of aryl methyl sites for hydroxylation is 1. The summed E-state index contributed by atoms with van der Waals surface area (Å²) in [6, 6.07) is 3.83. The molecule has 1 saturated carbocycles. The molecule has 168 valence electrons. The Morgan fingerprint density at radius 3 is 2.61 bits per heavy atom. The lowest BCUT2D eigenvalue weighted by Gasteiger charge is -2.39. The molecule has 7 heteroatoms. The van der Waals surface area contributed by atoms with Gasteiger partial charge in [-0.25, -0.2) is 4.79 Å². The van der Waals surface area contributed by atoms with E-state index in [0.717, 1.165) is 47.8 Å². The molecule has 1 aromatic carbocycles. The van der Waals surface area contributed by atoms with E-state index < -0.39 is 5.60 Å². The molecule has 2 aromatic rings. The molecule has 2 fully saturated rings. The van der Waals surface area contributed by atoms with Gasteiger partial charge in [0.25, 0.3) is 0 Å². The minimum Gasteiger partial charge on any atom is -0.444 e. The van der Waals surface area contributed by atoms with Crippen molar-refractivity contribution in [3.8, 4) is 0 Å².